The lowest BCUT2D eigenvalue weighted by Gasteiger charge is -2.33. The number of sulfonamides is 1. The molecule has 0 bridgehead atoms. The van der Waals surface area contributed by atoms with Gasteiger partial charge < -0.3 is 98.2 Å². The predicted molar refractivity (Wildman–Crippen MR) is 502 cm³/mol. The summed E-state index contributed by atoms with van der Waals surface area (Å²) in [5.41, 5.74) is 4.60. The van der Waals surface area contributed by atoms with Crippen LogP contribution in [0.15, 0.2) is 140 Å². The fourth-order valence-corrected chi connectivity index (χ4v) is 14.1. The maximum absolute atomic E-state index is 12.1. The number of nitrogens with zero attached hydrogens (tertiary/aromatic N) is 18. The summed E-state index contributed by atoms with van der Waals surface area (Å²) in [6.07, 6.45) is 32.8. The Labute approximate surface area is 739 Å². The quantitative estimate of drug-likeness (QED) is 0.0552. The minimum absolute atomic E-state index is 0.0130. The number of pyridine rings is 3. The maximum atomic E-state index is 12.1. The lowest BCUT2D eigenvalue weighted by Crippen LogP contribution is -2.49. The first-order chi connectivity index (χ1) is 59.7. The molecule has 692 valence electrons. The van der Waals surface area contributed by atoms with Crippen LogP contribution in [-0.4, -0.2) is 372 Å². The van der Waals surface area contributed by atoms with Gasteiger partial charge in [0.1, 0.15) is 12.1 Å². The van der Waals surface area contributed by atoms with E-state index in [-0.39, 0.29) is 29.0 Å². The van der Waals surface area contributed by atoms with Crippen molar-refractivity contribution in [2.24, 2.45) is 7.05 Å². The molecule has 2 atom stereocenters. The van der Waals surface area contributed by atoms with Gasteiger partial charge >= 0.3 is 0 Å². The second-order valence-corrected chi connectivity index (χ2v) is 33.5. The Bertz CT molecular complexity index is 3860. The van der Waals surface area contributed by atoms with Crippen LogP contribution in [0, 0.1) is 0 Å². The Morgan fingerprint density at radius 3 is 1.48 bits per heavy atom. The molecular formula is C86H151N31O6S. The van der Waals surface area contributed by atoms with E-state index in [0.717, 1.165) is 165 Å². The number of aryl methyl sites for hydroxylation is 1. The van der Waals surface area contributed by atoms with Crippen molar-refractivity contribution in [1.82, 2.24) is 131 Å². The molecule has 7 aliphatic rings. The summed E-state index contributed by atoms with van der Waals surface area (Å²) >= 11 is 0. The first-order valence-corrected chi connectivity index (χ1v) is 45.2. The van der Waals surface area contributed by atoms with E-state index in [1.165, 1.54) is 73.3 Å². The number of likely N-dealkylation sites (tertiary alicyclic amines) is 3. The SMILES string of the molecule is CN1CCN(C)CC1.CNC1CCN(C(=O)C2CCCN2)CC1.CNC1CCN(C(=O)c2cccnc2)CC1.CNC1CCN(C(=O)c2ccncc2)CC1.CNC1CCN(S(C)(=O)=O)C1.CNCCN1CCNCC1.CNc1ccc(=O)n(C)c1.CNc1ccncn1.CNc1ccnnc1.CNc1cnn(CCNC(C)(C)C)c1.CNc1ncccn1. The molecule has 3 amide bonds. The minimum atomic E-state index is -2.95. The summed E-state index contributed by atoms with van der Waals surface area (Å²) in [6.45, 7) is 27.8. The van der Waals surface area contributed by atoms with E-state index in [1.807, 2.05) is 107 Å². The standard InChI is InChI=1S/2C12H17N3O.C11H21N3O.C10H20N4.C7H17N3.C7H10N2O.C6H14N2O2S.C6H14N2.3C5H7N3/c1-13-11-4-8-15(9-5-11)12(16)10-2-6-14-7-3-10;1-13-11-4-7-15(8-5-11)12(16)10-3-2-6-14-9-10;1-12-9-4-7-14(8-5-9)11(15)10-3-2-6-13-10;1-10(2,3)12-5-6-14-8-9(11-4)7-13-14;1-8-2-5-10-6-3-9-4-7-10;1-8-6-3-4-7(10)9(2)5-6;1-7-6-3-4-8(5-6)11(2,9)10;1-7-3-5-8(2)6-4-7;1-6-5-2-3-7-4-8-5;1-6-5-2-3-7-8-4-5;1-6-5-7-3-2-4-8-5/h2-3,6-7,11,13H,4-5,8-9H2,1H3;2-3,6,9,11,13H,4-5,7-8H2,1H3;9-10,12-13H,2-8H2,1H3;7-8,11-12H,5-6H2,1-4H3;8-9H,2-7H2,1H3;3-5,8H,1-2H3;6-7H,3-5H2,1-2H3;3-6H2,1-2H3;2-4H,1H3,(H,6,7,8);2-4H,1H3,(H,6,7);2-4H,1H3,(H,6,7,8). The van der Waals surface area contributed by atoms with Gasteiger partial charge in [0.15, 0.2) is 0 Å². The number of aromatic nitrogens is 11. The van der Waals surface area contributed by atoms with Crippen LogP contribution >= 0.6 is 0 Å². The number of piperidine rings is 3. The molecule has 2 unspecified atom stereocenters. The lowest BCUT2D eigenvalue weighted by molar-refractivity contribution is -0.134. The molecule has 38 heteroatoms. The van der Waals surface area contributed by atoms with E-state index in [9.17, 15) is 27.6 Å². The third kappa shape index (κ3) is 45.5. The zero-order chi connectivity index (χ0) is 90.8. The number of nitrogens with one attached hydrogen (secondary N) is 13. The van der Waals surface area contributed by atoms with Gasteiger partial charge in [0.2, 0.25) is 27.4 Å². The zero-order valence-electron chi connectivity index (χ0n) is 77.2. The lowest BCUT2D eigenvalue weighted by atomic mass is 10.0. The molecule has 7 aromatic rings. The Balaban J connectivity index is 0.000000289. The summed E-state index contributed by atoms with van der Waals surface area (Å²) in [5, 5.41) is 52.1. The van der Waals surface area contributed by atoms with E-state index in [4.69, 9.17) is 0 Å². The van der Waals surface area contributed by atoms with Crippen molar-refractivity contribution >= 4 is 56.6 Å². The van der Waals surface area contributed by atoms with Crippen LogP contribution in [0.5, 0.6) is 0 Å². The molecule has 37 nitrogen and oxygen atoms in total. The summed E-state index contributed by atoms with van der Waals surface area (Å²) in [6, 6.07) is 18.0. The van der Waals surface area contributed by atoms with Crippen LogP contribution in [-0.2, 0) is 28.4 Å². The normalized spacial score (nSPS) is 17.5. The molecule has 0 aromatic carbocycles. The first-order valence-electron chi connectivity index (χ1n) is 43.4. The molecule has 13 N–H and O–H groups in total. The third-order valence-corrected chi connectivity index (χ3v) is 22.5. The highest BCUT2D eigenvalue weighted by Crippen LogP contribution is 2.18. The summed E-state index contributed by atoms with van der Waals surface area (Å²) in [4.78, 5) is 83.3. The van der Waals surface area contributed by atoms with Gasteiger partial charge in [-0.25, -0.2) is 32.7 Å². The average molecular weight is 1750 g/mol. The van der Waals surface area contributed by atoms with Gasteiger partial charge in [0.05, 0.1) is 60.1 Å². The van der Waals surface area contributed by atoms with Crippen LogP contribution < -0.4 is 74.7 Å². The van der Waals surface area contributed by atoms with Crippen LogP contribution in [0.2, 0.25) is 0 Å². The number of anilines is 5. The zero-order valence-corrected chi connectivity index (χ0v) is 78.0. The van der Waals surface area contributed by atoms with Crippen molar-refractivity contribution in [1.29, 1.82) is 0 Å². The number of likely N-dealkylation sites (N-methyl/N-ethyl adjacent to an activating group) is 4. The Hall–Kier alpha value is -9.42. The van der Waals surface area contributed by atoms with Crippen molar-refractivity contribution in [2.75, 3.05) is 248 Å². The Morgan fingerprint density at radius 2 is 1.06 bits per heavy atom. The number of carbonyl (C=O) groups is 3. The highest BCUT2D eigenvalue weighted by atomic mass is 32.2. The van der Waals surface area contributed by atoms with Crippen molar-refractivity contribution in [3.63, 3.8) is 0 Å². The van der Waals surface area contributed by atoms with Gasteiger partial charge in [-0.2, -0.15) is 15.3 Å². The number of piperazine rings is 2. The van der Waals surface area contributed by atoms with E-state index in [2.05, 4.69) is 164 Å². The molecule has 7 fully saturated rings. The van der Waals surface area contributed by atoms with Gasteiger partial charge in [-0.1, -0.05) is 0 Å². The third-order valence-electron chi connectivity index (χ3n) is 21.2. The fourth-order valence-electron chi connectivity index (χ4n) is 13.2. The van der Waals surface area contributed by atoms with Crippen molar-refractivity contribution in [3.05, 3.63) is 157 Å². The molecule has 7 aliphatic heterocycles. The molecule has 7 saturated heterocycles. The Morgan fingerprint density at radius 1 is 0.492 bits per heavy atom. The molecule has 124 heavy (non-hydrogen) atoms. The fraction of sp³-hybridized carbons (Fsp3) is 0.616. The van der Waals surface area contributed by atoms with Crippen molar-refractivity contribution in [3.8, 4) is 0 Å². The highest BCUT2D eigenvalue weighted by molar-refractivity contribution is 7.88. The van der Waals surface area contributed by atoms with Crippen LogP contribution in [0.3, 0.4) is 0 Å². The summed E-state index contributed by atoms with van der Waals surface area (Å²) in [7, 11) is 22.1. The number of hydrogen-bond acceptors (Lipinski definition) is 31. The van der Waals surface area contributed by atoms with Crippen LogP contribution in [0.1, 0.15) is 99.3 Å². The number of rotatable bonds is 19. The van der Waals surface area contributed by atoms with Crippen molar-refractivity contribution < 1.29 is 22.8 Å². The number of carbonyl (C=O) groups excluding carboxylic acids is 3. The van der Waals surface area contributed by atoms with Gasteiger partial charge in [0, 0.05) is 264 Å². The molecule has 0 radical (unpaired) electrons. The van der Waals surface area contributed by atoms with Gasteiger partial charge in [-0.05, 0) is 183 Å². The number of hydrogen-bond donors (Lipinski definition) is 13. The maximum Gasteiger partial charge on any atom is 0.255 e. The van der Waals surface area contributed by atoms with E-state index in [1.54, 1.807) is 112 Å². The highest BCUT2D eigenvalue weighted by Gasteiger charge is 2.31. The predicted octanol–water partition coefficient (Wildman–Crippen LogP) is 3.27. The van der Waals surface area contributed by atoms with Crippen molar-refractivity contribution in [2.45, 2.75) is 121 Å². The monoisotopic (exact) mass is 1750 g/mol. The van der Waals surface area contributed by atoms with Crippen LogP contribution in [0.25, 0.3) is 0 Å². The Kier molecular flexibility index (Phi) is 54.0. The largest absolute Gasteiger partial charge is 0.387 e. The second kappa shape index (κ2) is 62.7. The van der Waals surface area contributed by atoms with E-state index >= 15 is 0 Å². The van der Waals surface area contributed by atoms with Gasteiger partial charge in [-0.15, -0.1) is 0 Å². The summed E-state index contributed by atoms with van der Waals surface area (Å²) < 4.78 is 27.0. The minimum Gasteiger partial charge on any atom is -0.387 e. The van der Waals surface area contributed by atoms with Gasteiger partial charge in [-0.3, -0.25) is 38.7 Å². The molecule has 0 aliphatic carbocycles. The topological polar surface area (TPSA) is 407 Å². The first kappa shape index (κ1) is 107. The molecule has 0 spiro atoms. The molecule has 14 rings (SSSR count). The summed E-state index contributed by atoms with van der Waals surface area (Å²) in [5.74, 6) is 2.05. The molecular weight excluding hydrogens is 1600 g/mol. The molecule has 0 saturated carbocycles. The van der Waals surface area contributed by atoms with Crippen LogP contribution in [0.4, 0.5) is 28.8 Å². The van der Waals surface area contributed by atoms with E-state index < -0.39 is 10.0 Å². The second-order valence-electron chi connectivity index (χ2n) is 31.5. The van der Waals surface area contributed by atoms with E-state index in [0.29, 0.717) is 54.7 Å². The van der Waals surface area contributed by atoms with Gasteiger partial charge in [0.25, 0.3) is 11.8 Å². The number of amides is 3. The molecule has 7 aromatic heterocycles. The smallest absolute Gasteiger partial charge is 0.255 e. The molecule has 14 heterocycles. The average Bonchev–Trinajstić information content (AvgIpc) is 1.29.